The lowest BCUT2D eigenvalue weighted by molar-refractivity contribution is -0.131. The van der Waals surface area contributed by atoms with E-state index in [1.807, 2.05) is 6.92 Å². The topological polar surface area (TPSA) is 79.3 Å². The van der Waals surface area contributed by atoms with E-state index in [9.17, 15) is 9.59 Å². The molecule has 1 aliphatic carbocycles. The lowest BCUT2D eigenvalue weighted by atomic mass is 9.78. The summed E-state index contributed by atoms with van der Waals surface area (Å²) in [4.78, 5) is 26.6. The Kier molecular flexibility index (Phi) is 3.64. The Hall–Kier alpha value is -2.17. The van der Waals surface area contributed by atoms with Gasteiger partial charge in [0.05, 0.1) is 0 Å². The lowest BCUT2D eigenvalue weighted by Crippen LogP contribution is -2.51. The molecule has 1 saturated carbocycles. The van der Waals surface area contributed by atoms with E-state index in [2.05, 4.69) is 10.3 Å². The van der Waals surface area contributed by atoms with Gasteiger partial charge in [-0.15, -0.1) is 0 Å². The second-order valence-corrected chi connectivity index (χ2v) is 5.00. The zero-order chi connectivity index (χ0) is 13.9. The molecule has 1 heterocycles. The van der Waals surface area contributed by atoms with E-state index in [0.717, 1.165) is 25.3 Å². The maximum absolute atomic E-state index is 12.2. The fourth-order valence-corrected chi connectivity index (χ4v) is 2.08. The molecule has 0 bridgehead atoms. The molecule has 0 aliphatic heterocycles. The molecule has 0 aromatic carbocycles. The van der Waals surface area contributed by atoms with Gasteiger partial charge in [-0.05, 0) is 38.3 Å². The number of hydrogen-bond acceptors (Lipinski definition) is 3. The summed E-state index contributed by atoms with van der Waals surface area (Å²) < 4.78 is 0. The summed E-state index contributed by atoms with van der Waals surface area (Å²) in [5.74, 6) is -1.24. The molecule has 0 spiro atoms. The number of carbonyl (C=O) groups is 2. The lowest BCUT2D eigenvalue weighted by Gasteiger charge is -2.39. The first-order chi connectivity index (χ1) is 9.00. The molecule has 1 aliphatic rings. The van der Waals surface area contributed by atoms with Gasteiger partial charge < -0.3 is 10.4 Å². The summed E-state index contributed by atoms with van der Waals surface area (Å²) >= 11 is 0. The van der Waals surface area contributed by atoms with Gasteiger partial charge in [-0.2, -0.15) is 0 Å². The number of carbonyl (C=O) groups excluding carboxylic acids is 1. The highest BCUT2D eigenvalue weighted by Gasteiger charge is 2.33. The number of aromatic nitrogens is 1. The zero-order valence-corrected chi connectivity index (χ0v) is 10.7. The standard InChI is InChI=1S/C14H16N2O3/c1-14(6-2-7-14)16-13(19)11-5-8-15-9-10(11)3-4-12(17)18/h3-5,8-9H,2,6-7H2,1H3,(H,16,19)(H,17,18)/b4-3+. The molecule has 0 saturated heterocycles. The van der Waals surface area contributed by atoms with Crippen molar-refractivity contribution in [2.45, 2.75) is 31.7 Å². The molecule has 100 valence electrons. The first-order valence-electron chi connectivity index (χ1n) is 6.18. The quantitative estimate of drug-likeness (QED) is 0.810. The predicted octanol–water partition coefficient (Wildman–Crippen LogP) is 1.85. The van der Waals surface area contributed by atoms with Gasteiger partial charge in [0.2, 0.25) is 0 Å². The first kappa shape index (κ1) is 13.3. The van der Waals surface area contributed by atoms with Gasteiger partial charge in [-0.1, -0.05) is 0 Å². The van der Waals surface area contributed by atoms with Crippen LogP contribution in [0.25, 0.3) is 6.08 Å². The van der Waals surface area contributed by atoms with Crippen LogP contribution in [-0.2, 0) is 4.79 Å². The number of aliphatic carboxylic acids is 1. The molecule has 0 radical (unpaired) electrons. The van der Waals surface area contributed by atoms with E-state index in [-0.39, 0.29) is 11.4 Å². The van der Waals surface area contributed by atoms with Crippen molar-refractivity contribution in [3.63, 3.8) is 0 Å². The molecule has 0 unspecified atom stereocenters. The molecule has 19 heavy (non-hydrogen) atoms. The van der Waals surface area contributed by atoms with E-state index in [1.165, 1.54) is 18.5 Å². The van der Waals surface area contributed by atoms with Crippen LogP contribution >= 0.6 is 0 Å². The Balaban J connectivity index is 2.19. The van der Waals surface area contributed by atoms with Crippen LogP contribution in [0.15, 0.2) is 24.5 Å². The summed E-state index contributed by atoms with van der Waals surface area (Å²) in [6, 6.07) is 1.60. The van der Waals surface area contributed by atoms with E-state index in [0.29, 0.717) is 11.1 Å². The van der Waals surface area contributed by atoms with E-state index < -0.39 is 5.97 Å². The Labute approximate surface area is 111 Å². The van der Waals surface area contributed by atoms with Gasteiger partial charge in [0.15, 0.2) is 0 Å². The number of carboxylic acids is 1. The molecule has 1 aromatic rings. The third-order valence-corrected chi connectivity index (χ3v) is 3.37. The van der Waals surface area contributed by atoms with Crippen LogP contribution in [0.3, 0.4) is 0 Å². The van der Waals surface area contributed by atoms with Crippen LogP contribution in [0, 0.1) is 0 Å². The van der Waals surface area contributed by atoms with Crippen LogP contribution in [-0.4, -0.2) is 27.5 Å². The Morgan fingerprint density at radius 1 is 1.47 bits per heavy atom. The SMILES string of the molecule is CC1(NC(=O)c2ccncc2/C=C/C(=O)O)CCC1. The molecule has 0 atom stereocenters. The van der Waals surface area contributed by atoms with Crippen molar-refractivity contribution in [1.82, 2.24) is 10.3 Å². The Bertz CT molecular complexity index is 533. The van der Waals surface area contributed by atoms with Gasteiger partial charge in [-0.25, -0.2) is 4.79 Å². The average Bonchev–Trinajstić information content (AvgIpc) is 2.34. The highest BCUT2D eigenvalue weighted by molar-refractivity contribution is 5.99. The number of amides is 1. The number of pyridine rings is 1. The average molecular weight is 260 g/mol. The monoisotopic (exact) mass is 260 g/mol. The highest BCUT2D eigenvalue weighted by Crippen LogP contribution is 2.31. The summed E-state index contributed by atoms with van der Waals surface area (Å²) in [7, 11) is 0. The van der Waals surface area contributed by atoms with E-state index in [4.69, 9.17) is 5.11 Å². The molecule has 5 heteroatoms. The smallest absolute Gasteiger partial charge is 0.328 e. The van der Waals surface area contributed by atoms with E-state index in [1.54, 1.807) is 6.07 Å². The third-order valence-electron chi connectivity index (χ3n) is 3.37. The highest BCUT2D eigenvalue weighted by atomic mass is 16.4. The normalized spacial score (nSPS) is 16.9. The number of nitrogens with one attached hydrogen (secondary N) is 1. The van der Waals surface area contributed by atoms with Crippen molar-refractivity contribution < 1.29 is 14.7 Å². The maximum Gasteiger partial charge on any atom is 0.328 e. The summed E-state index contributed by atoms with van der Waals surface area (Å²) in [5.41, 5.74) is 0.819. The largest absolute Gasteiger partial charge is 0.478 e. The molecule has 2 rings (SSSR count). The van der Waals surface area contributed by atoms with Crippen molar-refractivity contribution in [2.75, 3.05) is 0 Å². The molecule has 1 fully saturated rings. The second-order valence-electron chi connectivity index (χ2n) is 5.00. The molecule has 2 N–H and O–H groups in total. The molecular formula is C14H16N2O3. The van der Waals surface area contributed by atoms with Crippen LogP contribution in [0.5, 0.6) is 0 Å². The first-order valence-corrected chi connectivity index (χ1v) is 6.18. The second kappa shape index (κ2) is 5.22. The Morgan fingerprint density at radius 2 is 2.21 bits per heavy atom. The van der Waals surface area contributed by atoms with Crippen molar-refractivity contribution in [3.05, 3.63) is 35.7 Å². The number of rotatable bonds is 4. The van der Waals surface area contributed by atoms with Gasteiger partial charge in [0.1, 0.15) is 0 Å². The number of nitrogens with zero attached hydrogens (tertiary/aromatic N) is 1. The van der Waals surface area contributed by atoms with Crippen LogP contribution in [0.2, 0.25) is 0 Å². The maximum atomic E-state index is 12.2. The fraction of sp³-hybridized carbons (Fsp3) is 0.357. The van der Waals surface area contributed by atoms with Crippen molar-refractivity contribution in [1.29, 1.82) is 0 Å². The summed E-state index contributed by atoms with van der Waals surface area (Å²) in [5, 5.41) is 11.6. The van der Waals surface area contributed by atoms with Crippen molar-refractivity contribution in [3.8, 4) is 0 Å². The minimum Gasteiger partial charge on any atom is -0.478 e. The summed E-state index contributed by atoms with van der Waals surface area (Å²) in [6.07, 6.45) is 8.47. The predicted molar refractivity (Wildman–Crippen MR) is 70.6 cm³/mol. The minimum absolute atomic E-state index is 0.131. The fourth-order valence-electron chi connectivity index (χ4n) is 2.08. The van der Waals surface area contributed by atoms with Gasteiger partial charge in [0, 0.05) is 35.1 Å². The third kappa shape index (κ3) is 3.19. The summed E-state index contributed by atoms with van der Waals surface area (Å²) in [6.45, 7) is 2.02. The molecule has 1 aromatic heterocycles. The zero-order valence-electron chi connectivity index (χ0n) is 10.7. The molecule has 1 amide bonds. The van der Waals surface area contributed by atoms with Crippen LogP contribution in [0.4, 0.5) is 0 Å². The van der Waals surface area contributed by atoms with Gasteiger partial charge >= 0.3 is 5.97 Å². The minimum atomic E-state index is -1.05. The molecular weight excluding hydrogens is 244 g/mol. The van der Waals surface area contributed by atoms with Crippen LogP contribution in [0.1, 0.15) is 42.1 Å². The number of hydrogen-bond donors (Lipinski definition) is 2. The van der Waals surface area contributed by atoms with Crippen molar-refractivity contribution >= 4 is 18.0 Å². The number of carboxylic acid groups (broad SMARTS) is 1. The molecule has 5 nitrogen and oxygen atoms in total. The van der Waals surface area contributed by atoms with Gasteiger partial charge in [-0.3, -0.25) is 9.78 Å². The van der Waals surface area contributed by atoms with Crippen LogP contribution < -0.4 is 5.32 Å². The Morgan fingerprint density at radius 3 is 2.79 bits per heavy atom. The van der Waals surface area contributed by atoms with E-state index >= 15 is 0 Å². The van der Waals surface area contributed by atoms with Crippen molar-refractivity contribution in [2.24, 2.45) is 0 Å². The van der Waals surface area contributed by atoms with Gasteiger partial charge in [0.25, 0.3) is 5.91 Å².